The van der Waals surface area contributed by atoms with Crippen LogP contribution in [-0.4, -0.2) is 35.7 Å². The minimum Gasteiger partial charge on any atom is -0.388 e. The monoisotopic (exact) mass is 422 g/mol. The SMILES string of the molecule is CNc1ccc(F)c(C2CC2)c1C(=N)C(C)CC(=O)N1C2CC3CC1CC(C#N)(C3)C2. The van der Waals surface area contributed by atoms with Gasteiger partial charge in [-0.05, 0) is 68.9 Å². The highest BCUT2D eigenvalue weighted by atomic mass is 19.1. The highest BCUT2D eigenvalue weighted by molar-refractivity contribution is 6.07. The summed E-state index contributed by atoms with van der Waals surface area (Å²) in [6.45, 7) is 1.91. The van der Waals surface area contributed by atoms with Gasteiger partial charge in [0.2, 0.25) is 5.91 Å². The minimum atomic E-state index is -0.291. The molecule has 2 saturated heterocycles. The molecule has 164 valence electrons. The van der Waals surface area contributed by atoms with Crippen LogP contribution < -0.4 is 5.32 Å². The van der Waals surface area contributed by atoms with Crippen LogP contribution in [0.25, 0.3) is 0 Å². The predicted molar refractivity (Wildman–Crippen MR) is 118 cm³/mol. The summed E-state index contributed by atoms with van der Waals surface area (Å²) in [6.07, 6.45) is 6.79. The number of nitrogens with zero attached hydrogens (tertiary/aromatic N) is 2. The standard InChI is InChI=1S/C25H31FN4O/c1-14(24(28)23-20(29-2)6-5-19(26)22(23)16-3-4-16)7-21(31)30-17-8-15-9-18(30)12-25(10-15,11-17)13-27/h5-6,14-18,28-29H,3-4,7-12H2,1-2H3. The lowest BCUT2D eigenvalue weighted by Gasteiger charge is -2.59. The number of nitriles is 1. The molecule has 5 fully saturated rings. The van der Waals surface area contributed by atoms with Gasteiger partial charge in [0, 0.05) is 54.0 Å². The number of carbonyl (C=O) groups excluding carboxylic acids is 1. The number of benzene rings is 1. The van der Waals surface area contributed by atoms with E-state index in [0.717, 1.165) is 50.6 Å². The van der Waals surface area contributed by atoms with Crippen LogP contribution in [-0.2, 0) is 4.79 Å². The summed E-state index contributed by atoms with van der Waals surface area (Å²) in [7, 11) is 1.79. The van der Waals surface area contributed by atoms with Gasteiger partial charge in [-0.1, -0.05) is 6.92 Å². The van der Waals surface area contributed by atoms with E-state index >= 15 is 0 Å². The van der Waals surface area contributed by atoms with E-state index in [0.29, 0.717) is 22.8 Å². The van der Waals surface area contributed by atoms with Crippen LogP contribution in [0.3, 0.4) is 0 Å². The van der Waals surface area contributed by atoms with Gasteiger partial charge >= 0.3 is 0 Å². The Morgan fingerprint density at radius 2 is 2.00 bits per heavy atom. The van der Waals surface area contributed by atoms with Crippen molar-refractivity contribution in [3.05, 3.63) is 29.1 Å². The highest BCUT2D eigenvalue weighted by Gasteiger charge is 2.56. The van der Waals surface area contributed by atoms with Gasteiger partial charge in [-0.2, -0.15) is 5.26 Å². The number of rotatable bonds is 6. The van der Waals surface area contributed by atoms with Gasteiger partial charge < -0.3 is 15.6 Å². The first-order chi connectivity index (χ1) is 14.9. The van der Waals surface area contributed by atoms with Crippen molar-refractivity contribution in [2.24, 2.45) is 17.3 Å². The molecule has 31 heavy (non-hydrogen) atoms. The number of piperidine rings is 2. The normalized spacial score (nSPS) is 31.9. The second-order valence-corrected chi connectivity index (χ2v) is 10.4. The van der Waals surface area contributed by atoms with E-state index in [-0.39, 0.29) is 47.5 Å². The first-order valence-corrected chi connectivity index (χ1v) is 11.7. The molecule has 3 unspecified atom stereocenters. The summed E-state index contributed by atoms with van der Waals surface area (Å²) < 4.78 is 14.7. The maximum absolute atomic E-state index is 14.7. The molecule has 3 atom stereocenters. The summed E-state index contributed by atoms with van der Waals surface area (Å²) in [5, 5.41) is 21.7. The Hall–Kier alpha value is -2.42. The van der Waals surface area contributed by atoms with Crippen LogP contribution in [0.4, 0.5) is 10.1 Å². The van der Waals surface area contributed by atoms with Crippen molar-refractivity contribution >= 4 is 17.3 Å². The van der Waals surface area contributed by atoms with Gasteiger partial charge in [-0.25, -0.2) is 4.39 Å². The third-order valence-corrected chi connectivity index (χ3v) is 8.15. The molecule has 2 aliphatic heterocycles. The fraction of sp³-hybridized carbons (Fsp3) is 0.640. The largest absolute Gasteiger partial charge is 0.388 e. The molecule has 2 heterocycles. The van der Waals surface area contributed by atoms with E-state index in [2.05, 4.69) is 16.3 Å². The zero-order chi connectivity index (χ0) is 21.9. The van der Waals surface area contributed by atoms with Gasteiger partial charge in [0.15, 0.2) is 0 Å². The molecular weight excluding hydrogens is 391 g/mol. The van der Waals surface area contributed by atoms with E-state index in [1.807, 2.05) is 6.92 Å². The molecule has 1 aromatic carbocycles. The first kappa shape index (κ1) is 20.5. The van der Waals surface area contributed by atoms with Crippen molar-refractivity contribution < 1.29 is 9.18 Å². The number of hydrogen-bond donors (Lipinski definition) is 2. The number of carbonyl (C=O) groups is 1. The van der Waals surface area contributed by atoms with Crippen molar-refractivity contribution in [3.63, 3.8) is 0 Å². The third-order valence-electron chi connectivity index (χ3n) is 8.15. The van der Waals surface area contributed by atoms with Gasteiger partial charge in [-0.15, -0.1) is 0 Å². The van der Waals surface area contributed by atoms with Gasteiger partial charge in [0.05, 0.1) is 11.5 Å². The molecule has 5 nitrogen and oxygen atoms in total. The van der Waals surface area contributed by atoms with Crippen LogP contribution in [0.1, 0.15) is 75.3 Å². The topological polar surface area (TPSA) is 80.0 Å². The third kappa shape index (κ3) is 3.33. The Morgan fingerprint density at radius 3 is 2.58 bits per heavy atom. The number of anilines is 1. The fourth-order valence-electron chi connectivity index (χ4n) is 6.75. The number of amides is 1. The van der Waals surface area contributed by atoms with Crippen LogP contribution >= 0.6 is 0 Å². The zero-order valence-corrected chi connectivity index (χ0v) is 18.4. The van der Waals surface area contributed by atoms with Gasteiger partial charge in [-0.3, -0.25) is 4.79 Å². The van der Waals surface area contributed by atoms with Crippen LogP contribution in [0, 0.1) is 39.8 Å². The molecule has 0 spiro atoms. The second kappa shape index (κ2) is 7.32. The lowest BCUT2D eigenvalue weighted by Crippen LogP contribution is -2.63. The quantitative estimate of drug-likeness (QED) is 0.645. The molecule has 0 radical (unpaired) electrons. The Labute approximate surface area is 183 Å². The molecule has 5 aliphatic rings. The van der Waals surface area contributed by atoms with E-state index < -0.39 is 0 Å². The van der Waals surface area contributed by atoms with Gasteiger partial charge in [0.25, 0.3) is 0 Å². The molecule has 6 heteroatoms. The summed E-state index contributed by atoms with van der Waals surface area (Å²) in [6, 6.07) is 6.10. The van der Waals surface area contributed by atoms with Crippen LogP contribution in [0.2, 0.25) is 0 Å². The summed E-state index contributed by atoms with van der Waals surface area (Å²) in [4.78, 5) is 15.4. The molecule has 3 saturated carbocycles. The number of halogens is 1. The molecule has 4 bridgehead atoms. The lowest BCUT2D eigenvalue weighted by atomic mass is 9.56. The molecule has 1 aromatic rings. The fourth-order valence-corrected chi connectivity index (χ4v) is 6.75. The molecule has 6 rings (SSSR count). The van der Waals surface area contributed by atoms with Crippen molar-refractivity contribution in [2.45, 2.75) is 76.3 Å². The smallest absolute Gasteiger partial charge is 0.223 e. The maximum atomic E-state index is 14.7. The maximum Gasteiger partial charge on any atom is 0.223 e. The van der Waals surface area contributed by atoms with Crippen molar-refractivity contribution in [3.8, 4) is 6.07 Å². The summed E-state index contributed by atoms with van der Waals surface area (Å²) in [5.74, 6) is 0.312. The Kier molecular flexibility index (Phi) is 4.84. The van der Waals surface area contributed by atoms with E-state index in [1.165, 1.54) is 6.07 Å². The minimum absolute atomic E-state index is 0.0922. The van der Waals surface area contributed by atoms with E-state index in [9.17, 15) is 14.4 Å². The molecule has 1 amide bonds. The van der Waals surface area contributed by atoms with Crippen LogP contribution in [0.15, 0.2) is 12.1 Å². The summed E-state index contributed by atoms with van der Waals surface area (Å²) >= 11 is 0. The average molecular weight is 423 g/mol. The highest BCUT2D eigenvalue weighted by Crippen LogP contribution is 2.56. The Balaban J connectivity index is 1.35. The number of nitrogens with one attached hydrogen (secondary N) is 2. The summed E-state index contributed by atoms with van der Waals surface area (Å²) in [5.41, 5.74) is 2.17. The molecular formula is C25H31FN4O. The lowest BCUT2D eigenvalue weighted by molar-refractivity contribution is -0.153. The average Bonchev–Trinajstić information content (AvgIpc) is 3.57. The molecule has 0 aromatic heterocycles. The molecule has 2 N–H and O–H groups in total. The second-order valence-electron chi connectivity index (χ2n) is 10.4. The number of hydrogen-bond acceptors (Lipinski definition) is 4. The Bertz CT molecular complexity index is 962. The van der Waals surface area contributed by atoms with E-state index in [4.69, 9.17) is 5.41 Å². The Morgan fingerprint density at radius 1 is 1.32 bits per heavy atom. The van der Waals surface area contributed by atoms with Gasteiger partial charge in [0.1, 0.15) is 5.82 Å². The zero-order valence-electron chi connectivity index (χ0n) is 18.4. The van der Waals surface area contributed by atoms with Crippen molar-refractivity contribution in [1.29, 1.82) is 10.7 Å². The predicted octanol–water partition coefficient (Wildman–Crippen LogP) is 4.82. The van der Waals surface area contributed by atoms with Crippen molar-refractivity contribution in [2.75, 3.05) is 12.4 Å². The first-order valence-electron chi connectivity index (χ1n) is 11.7. The van der Waals surface area contributed by atoms with Crippen molar-refractivity contribution in [1.82, 2.24) is 4.90 Å². The molecule has 3 aliphatic carbocycles. The van der Waals surface area contributed by atoms with E-state index in [1.54, 1.807) is 13.1 Å². The van der Waals surface area contributed by atoms with Crippen LogP contribution in [0.5, 0.6) is 0 Å².